The Morgan fingerprint density at radius 2 is 1.27 bits per heavy atom. The first-order chi connectivity index (χ1) is 29.9. The van der Waals surface area contributed by atoms with E-state index >= 15 is 0 Å². The summed E-state index contributed by atoms with van der Waals surface area (Å²) in [6.07, 6.45) is 6.42. The number of piperazine rings is 2. The van der Waals surface area contributed by atoms with Crippen molar-refractivity contribution in [3.05, 3.63) is 108 Å². The molecule has 2 aromatic carbocycles. The maximum atomic E-state index is 13.3. The number of hydrogen-bond donors (Lipinski definition) is 2. The van der Waals surface area contributed by atoms with E-state index in [-0.39, 0.29) is 61.2 Å². The average Bonchev–Trinajstić information content (AvgIpc) is 3.94. The summed E-state index contributed by atoms with van der Waals surface area (Å²) in [4.78, 5) is 41.5. The van der Waals surface area contributed by atoms with Crippen LogP contribution in [0.25, 0.3) is 0 Å². The van der Waals surface area contributed by atoms with Crippen LogP contribution in [0.5, 0.6) is 0 Å². The number of aliphatic hydroxyl groups is 2. The first-order valence-corrected chi connectivity index (χ1v) is 21.7. The lowest BCUT2D eigenvalue weighted by Crippen LogP contribution is -2.60. The van der Waals surface area contributed by atoms with Gasteiger partial charge in [-0.15, -0.1) is 0 Å². The Hall–Kier alpha value is -4.94. The standard InChI is InChI=1S/C23H33FN4O4.C23H31FN4O3/c1-16(17-5-7-18(24)8-6-17)28-15-25-11-20(28)21(14-30)27-10-9-26(12-19(27)13-29)22(31)32-23(2,3)4;1-16(17-5-7-18(24)8-6-17)28-15-25-11-20(28)21-14-30-13-19-12-26(9-10-27(19)21)22(29)31-23(2,3)4/h5-8,11,15-16,19,21,29-30H,9-10,12-14H2,1-4H3;5-8,11,15-16,19,21H,9-10,12-14H2,1-4H3/t2*16-,19?,21?/m11/s1. The number of halogens is 2. The molecule has 344 valence electrons. The molecule has 3 aliphatic rings. The van der Waals surface area contributed by atoms with Crippen LogP contribution in [0.3, 0.4) is 0 Å². The van der Waals surface area contributed by atoms with Crippen molar-refractivity contribution in [2.75, 3.05) is 65.7 Å². The molecule has 0 radical (unpaired) electrons. The predicted octanol–water partition coefficient (Wildman–Crippen LogP) is 6.20. The Kier molecular flexibility index (Phi) is 15.3. The summed E-state index contributed by atoms with van der Waals surface area (Å²) in [5.74, 6) is -0.540. The minimum absolute atomic E-state index is 0.0153. The van der Waals surface area contributed by atoms with Crippen molar-refractivity contribution in [2.24, 2.45) is 0 Å². The van der Waals surface area contributed by atoms with Gasteiger partial charge in [-0.1, -0.05) is 24.3 Å². The number of carbonyl (C=O) groups excluding carboxylic acids is 2. The van der Waals surface area contributed by atoms with Crippen molar-refractivity contribution in [3.63, 3.8) is 0 Å². The van der Waals surface area contributed by atoms with Gasteiger partial charge in [-0.2, -0.15) is 0 Å². The van der Waals surface area contributed by atoms with Crippen LogP contribution in [0, 0.1) is 11.6 Å². The number of imidazole rings is 2. The Balaban J connectivity index is 0.000000210. The molecule has 0 saturated carbocycles. The molecule has 3 fully saturated rings. The van der Waals surface area contributed by atoms with Crippen LogP contribution in [0.4, 0.5) is 18.4 Å². The van der Waals surface area contributed by atoms with Crippen molar-refractivity contribution in [2.45, 2.75) is 103 Å². The molecule has 0 aliphatic carbocycles. The SMILES string of the molecule is C[C@H](c1ccc(F)cc1)n1cncc1C(CO)N1CCN(C(=O)OC(C)(C)C)CC1CO.C[C@H](c1ccc(F)cc1)n1cncc1C1COCC2CN(C(=O)OC(C)(C)C)CCN21. The van der Waals surface area contributed by atoms with Crippen LogP contribution in [-0.2, 0) is 14.2 Å². The fourth-order valence-electron chi connectivity index (χ4n) is 8.49. The highest BCUT2D eigenvalue weighted by Crippen LogP contribution is 2.33. The minimum atomic E-state index is -0.598. The van der Waals surface area contributed by atoms with Crippen LogP contribution in [-0.4, -0.2) is 150 Å². The highest BCUT2D eigenvalue weighted by Gasteiger charge is 2.41. The molecular weight excluding hydrogens is 815 g/mol. The summed E-state index contributed by atoms with van der Waals surface area (Å²) in [6.45, 7) is 19.1. The van der Waals surface area contributed by atoms with Gasteiger partial charge in [0.05, 0.1) is 86.7 Å². The molecular formula is C46H64F2N8O7. The Bertz CT molecular complexity index is 2100. The third-order valence-electron chi connectivity index (χ3n) is 11.7. The van der Waals surface area contributed by atoms with Crippen molar-refractivity contribution in [3.8, 4) is 0 Å². The molecule has 0 spiro atoms. The largest absolute Gasteiger partial charge is 0.444 e. The number of benzene rings is 2. The normalized spacial score (nSPS) is 21.4. The first-order valence-electron chi connectivity index (χ1n) is 21.7. The number of fused-ring (bicyclic) bond motifs is 1. The van der Waals surface area contributed by atoms with E-state index in [9.17, 15) is 28.6 Å². The topological polar surface area (TPSA) is 151 Å². The van der Waals surface area contributed by atoms with E-state index in [2.05, 4.69) is 26.4 Å². The third kappa shape index (κ3) is 11.8. The minimum Gasteiger partial charge on any atom is -0.444 e. The molecule has 3 saturated heterocycles. The van der Waals surface area contributed by atoms with E-state index < -0.39 is 23.3 Å². The number of amides is 2. The van der Waals surface area contributed by atoms with E-state index in [0.29, 0.717) is 45.9 Å². The molecule has 7 rings (SSSR count). The van der Waals surface area contributed by atoms with Gasteiger partial charge in [0, 0.05) is 51.7 Å². The van der Waals surface area contributed by atoms with E-state index in [0.717, 1.165) is 29.1 Å². The number of aliphatic hydroxyl groups excluding tert-OH is 2. The predicted molar refractivity (Wildman–Crippen MR) is 232 cm³/mol. The zero-order valence-electron chi connectivity index (χ0n) is 37.7. The molecule has 4 unspecified atom stereocenters. The summed E-state index contributed by atoms with van der Waals surface area (Å²) >= 11 is 0. The quantitative estimate of drug-likeness (QED) is 0.198. The molecule has 0 bridgehead atoms. The number of ether oxygens (including phenoxy) is 3. The summed E-state index contributed by atoms with van der Waals surface area (Å²) < 4.78 is 47.7. The molecule has 6 atom stereocenters. The lowest BCUT2D eigenvalue weighted by atomic mass is 10.0. The molecule has 2 N–H and O–H groups in total. The molecule has 2 aromatic heterocycles. The van der Waals surface area contributed by atoms with Gasteiger partial charge in [0.25, 0.3) is 0 Å². The van der Waals surface area contributed by atoms with Gasteiger partial charge >= 0.3 is 12.2 Å². The molecule has 5 heterocycles. The highest BCUT2D eigenvalue weighted by molar-refractivity contribution is 5.68. The summed E-state index contributed by atoms with van der Waals surface area (Å²) in [5.41, 5.74) is 2.67. The number of nitrogens with zero attached hydrogens (tertiary/aromatic N) is 8. The van der Waals surface area contributed by atoms with Crippen LogP contribution in [0.15, 0.2) is 73.6 Å². The third-order valence-corrected chi connectivity index (χ3v) is 11.7. The summed E-state index contributed by atoms with van der Waals surface area (Å²) in [5, 5.41) is 20.3. The fraction of sp³-hybridized carbons (Fsp3) is 0.565. The number of rotatable bonds is 9. The maximum absolute atomic E-state index is 13.3. The van der Waals surface area contributed by atoms with Crippen LogP contribution in [0.2, 0.25) is 0 Å². The lowest BCUT2D eigenvalue weighted by Gasteiger charge is -2.48. The number of morpholine rings is 1. The number of aromatic nitrogens is 4. The van der Waals surface area contributed by atoms with E-state index in [4.69, 9.17) is 14.2 Å². The Morgan fingerprint density at radius 3 is 1.83 bits per heavy atom. The molecule has 63 heavy (non-hydrogen) atoms. The van der Waals surface area contributed by atoms with Gasteiger partial charge in [0.2, 0.25) is 0 Å². The van der Waals surface area contributed by atoms with Gasteiger partial charge in [-0.3, -0.25) is 9.80 Å². The van der Waals surface area contributed by atoms with Crippen molar-refractivity contribution in [1.29, 1.82) is 0 Å². The zero-order valence-corrected chi connectivity index (χ0v) is 37.7. The monoisotopic (exact) mass is 878 g/mol. The van der Waals surface area contributed by atoms with Crippen LogP contribution in [0.1, 0.15) is 102 Å². The summed E-state index contributed by atoms with van der Waals surface area (Å²) in [6, 6.07) is 12.1. The summed E-state index contributed by atoms with van der Waals surface area (Å²) in [7, 11) is 0. The lowest BCUT2D eigenvalue weighted by molar-refractivity contribution is -0.0852. The second-order valence-electron chi connectivity index (χ2n) is 18.5. The molecule has 3 aliphatic heterocycles. The Morgan fingerprint density at radius 1 is 0.746 bits per heavy atom. The van der Waals surface area contributed by atoms with E-state index in [1.165, 1.54) is 24.3 Å². The van der Waals surface area contributed by atoms with Gasteiger partial charge in [-0.05, 0) is 90.8 Å². The second-order valence-corrected chi connectivity index (χ2v) is 18.5. The molecule has 4 aromatic rings. The fourth-order valence-corrected chi connectivity index (χ4v) is 8.49. The Labute approximate surface area is 369 Å². The smallest absolute Gasteiger partial charge is 0.410 e. The number of carbonyl (C=O) groups is 2. The molecule has 15 nitrogen and oxygen atoms in total. The highest BCUT2D eigenvalue weighted by atomic mass is 19.1. The number of hydrogen-bond acceptors (Lipinski definition) is 11. The zero-order chi connectivity index (χ0) is 45.6. The van der Waals surface area contributed by atoms with E-state index in [1.54, 1.807) is 34.5 Å². The van der Waals surface area contributed by atoms with Gasteiger partial charge < -0.3 is 43.4 Å². The first kappa shape index (κ1) is 47.5. The molecule has 2 amide bonds. The van der Waals surface area contributed by atoms with Gasteiger partial charge in [0.15, 0.2) is 0 Å². The maximum Gasteiger partial charge on any atom is 0.410 e. The van der Waals surface area contributed by atoms with E-state index in [1.807, 2.05) is 82.6 Å². The van der Waals surface area contributed by atoms with Gasteiger partial charge in [-0.25, -0.2) is 28.3 Å². The second kappa shape index (κ2) is 20.3. The van der Waals surface area contributed by atoms with Gasteiger partial charge in [0.1, 0.15) is 22.8 Å². The van der Waals surface area contributed by atoms with Crippen LogP contribution >= 0.6 is 0 Å². The van der Waals surface area contributed by atoms with Crippen LogP contribution < -0.4 is 0 Å². The van der Waals surface area contributed by atoms with Crippen molar-refractivity contribution >= 4 is 12.2 Å². The average molecular weight is 879 g/mol. The molecule has 17 heteroatoms. The van der Waals surface area contributed by atoms with Crippen molar-refractivity contribution < 1.29 is 42.8 Å². The van der Waals surface area contributed by atoms with Crippen molar-refractivity contribution in [1.82, 2.24) is 38.7 Å².